The Morgan fingerprint density at radius 2 is 2.04 bits per heavy atom. The molecule has 23 heavy (non-hydrogen) atoms. The summed E-state index contributed by atoms with van der Waals surface area (Å²) in [6, 6.07) is 7.31. The molecule has 0 saturated heterocycles. The maximum atomic E-state index is 11.8. The summed E-state index contributed by atoms with van der Waals surface area (Å²) in [5.41, 5.74) is 2.29. The van der Waals surface area contributed by atoms with Crippen molar-refractivity contribution in [2.24, 2.45) is 0 Å². The Kier molecular flexibility index (Phi) is 5.79. The number of ether oxygens (including phenoxy) is 2. The summed E-state index contributed by atoms with van der Waals surface area (Å²) in [6.07, 6.45) is 0.500. The fourth-order valence-electron chi connectivity index (χ4n) is 2.23. The molecule has 0 unspecified atom stereocenters. The summed E-state index contributed by atoms with van der Waals surface area (Å²) in [5, 5.41) is 0. The van der Waals surface area contributed by atoms with E-state index in [0.717, 1.165) is 11.3 Å². The lowest BCUT2D eigenvalue weighted by molar-refractivity contribution is 0.0526. The van der Waals surface area contributed by atoms with Gasteiger partial charge in [-0.25, -0.2) is 9.78 Å². The number of oxazole rings is 1. The molecule has 2 rings (SSSR count). The van der Waals surface area contributed by atoms with Gasteiger partial charge in [-0.1, -0.05) is 26.0 Å². The number of rotatable bonds is 7. The van der Waals surface area contributed by atoms with Crippen molar-refractivity contribution in [2.75, 3.05) is 13.2 Å². The number of esters is 1. The molecule has 0 spiro atoms. The molecule has 124 valence electrons. The Morgan fingerprint density at radius 1 is 1.26 bits per heavy atom. The molecule has 2 aromatic rings. The van der Waals surface area contributed by atoms with E-state index in [1.54, 1.807) is 19.1 Å². The SMILES string of the molecule is CCOC(=O)c1cccc(Cc2nc(C(C)C)c(OCC)o2)c1. The first kappa shape index (κ1) is 17.1. The molecule has 0 aliphatic rings. The molecule has 0 amide bonds. The standard InChI is InChI=1S/C18H23NO4/c1-5-21-17(20)14-9-7-8-13(10-14)11-15-19-16(12(3)4)18(23-15)22-6-2/h7-10,12H,5-6,11H2,1-4H3. The van der Waals surface area contributed by atoms with Crippen LogP contribution < -0.4 is 4.74 Å². The number of carbonyl (C=O) groups is 1. The van der Waals surface area contributed by atoms with Gasteiger partial charge in [0.1, 0.15) is 5.69 Å². The Hall–Kier alpha value is -2.30. The van der Waals surface area contributed by atoms with Gasteiger partial charge < -0.3 is 13.9 Å². The van der Waals surface area contributed by atoms with Crippen LogP contribution in [0.15, 0.2) is 28.7 Å². The van der Waals surface area contributed by atoms with E-state index < -0.39 is 0 Å². The minimum atomic E-state index is -0.320. The van der Waals surface area contributed by atoms with E-state index in [1.807, 2.05) is 32.9 Å². The van der Waals surface area contributed by atoms with E-state index in [9.17, 15) is 4.79 Å². The molecule has 0 atom stereocenters. The first-order valence-corrected chi connectivity index (χ1v) is 7.93. The third kappa shape index (κ3) is 4.34. The number of nitrogens with zero attached hydrogens (tertiary/aromatic N) is 1. The van der Waals surface area contributed by atoms with E-state index in [0.29, 0.717) is 37.0 Å². The number of hydrogen-bond donors (Lipinski definition) is 0. The molecule has 0 N–H and O–H groups in total. The van der Waals surface area contributed by atoms with E-state index >= 15 is 0 Å². The van der Waals surface area contributed by atoms with Crippen LogP contribution in [0, 0.1) is 0 Å². The summed E-state index contributed by atoms with van der Waals surface area (Å²) >= 11 is 0. The molecule has 0 saturated carbocycles. The van der Waals surface area contributed by atoms with E-state index in [2.05, 4.69) is 4.98 Å². The summed E-state index contributed by atoms with van der Waals surface area (Å²) in [4.78, 5) is 16.3. The highest BCUT2D eigenvalue weighted by atomic mass is 16.6. The van der Waals surface area contributed by atoms with E-state index in [-0.39, 0.29) is 11.9 Å². The summed E-state index contributed by atoms with van der Waals surface area (Å²) in [7, 11) is 0. The smallest absolute Gasteiger partial charge is 0.338 e. The lowest BCUT2D eigenvalue weighted by Gasteiger charge is -2.03. The van der Waals surface area contributed by atoms with Crippen molar-refractivity contribution in [3.05, 3.63) is 47.0 Å². The summed E-state index contributed by atoms with van der Waals surface area (Å²) in [6.45, 7) is 8.69. The number of benzene rings is 1. The Morgan fingerprint density at radius 3 is 2.70 bits per heavy atom. The predicted molar refractivity (Wildman–Crippen MR) is 87.0 cm³/mol. The summed E-state index contributed by atoms with van der Waals surface area (Å²) < 4.78 is 16.2. The molecular weight excluding hydrogens is 294 g/mol. The van der Waals surface area contributed by atoms with Crippen molar-refractivity contribution in [2.45, 2.75) is 40.0 Å². The van der Waals surface area contributed by atoms with Crippen LogP contribution >= 0.6 is 0 Å². The molecular formula is C18H23NO4. The Bertz CT molecular complexity index is 661. The maximum Gasteiger partial charge on any atom is 0.338 e. The van der Waals surface area contributed by atoms with E-state index in [1.165, 1.54) is 0 Å². The van der Waals surface area contributed by atoms with Crippen LogP contribution in [0.25, 0.3) is 0 Å². The van der Waals surface area contributed by atoms with Crippen LogP contribution in [0.2, 0.25) is 0 Å². The zero-order valence-corrected chi connectivity index (χ0v) is 14.1. The van der Waals surface area contributed by atoms with Crippen molar-refractivity contribution in [1.82, 2.24) is 4.98 Å². The van der Waals surface area contributed by atoms with Crippen molar-refractivity contribution in [1.29, 1.82) is 0 Å². The van der Waals surface area contributed by atoms with Crippen molar-refractivity contribution < 1.29 is 18.7 Å². The molecule has 1 aromatic carbocycles. The van der Waals surface area contributed by atoms with Gasteiger partial charge in [-0.3, -0.25) is 0 Å². The average molecular weight is 317 g/mol. The quantitative estimate of drug-likeness (QED) is 0.723. The third-order valence-electron chi connectivity index (χ3n) is 3.28. The van der Waals surface area contributed by atoms with Crippen LogP contribution in [0.1, 0.15) is 61.1 Å². The number of carbonyl (C=O) groups excluding carboxylic acids is 1. The molecule has 5 nitrogen and oxygen atoms in total. The lowest BCUT2D eigenvalue weighted by Crippen LogP contribution is -2.05. The summed E-state index contributed by atoms with van der Waals surface area (Å²) in [5.74, 6) is 0.969. The first-order chi connectivity index (χ1) is 11.0. The van der Waals surface area contributed by atoms with Gasteiger partial charge in [0.05, 0.1) is 18.8 Å². The van der Waals surface area contributed by atoms with Gasteiger partial charge >= 0.3 is 11.9 Å². The monoisotopic (exact) mass is 317 g/mol. The van der Waals surface area contributed by atoms with Crippen LogP contribution in [0.5, 0.6) is 5.95 Å². The highest BCUT2D eigenvalue weighted by Gasteiger charge is 2.18. The van der Waals surface area contributed by atoms with Crippen LogP contribution in [-0.4, -0.2) is 24.2 Å². The number of hydrogen-bond acceptors (Lipinski definition) is 5. The molecule has 0 fully saturated rings. The maximum absolute atomic E-state index is 11.8. The zero-order valence-electron chi connectivity index (χ0n) is 14.1. The second-order valence-electron chi connectivity index (χ2n) is 5.47. The lowest BCUT2D eigenvalue weighted by atomic mass is 10.1. The van der Waals surface area contributed by atoms with Gasteiger partial charge in [0.15, 0.2) is 0 Å². The minimum absolute atomic E-state index is 0.222. The fourth-order valence-corrected chi connectivity index (χ4v) is 2.23. The van der Waals surface area contributed by atoms with Crippen LogP contribution in [-0.2, 0) is 11.2 Å². The highest BCUT2D eigenvalue weighted by molar-refractivity contribution is 5.89. The third-order valence-corrected chi connectivity index (χ3v) is 3.28. The van der Waals surface area contributed by atoms with Gasteiger partial charge in [-0.05, 0) is 31.5 Å². The van der Waals surface area contributed by atoms with Gasteiger partial charge in [-0.15, -0.1) is 0 Å². The van der Waals surface area contributed by atoms with Gasteiger partial charge in [0.2, 0.25) is 5.89 Å². The number of aromatic nitrogens is 1. The minimum Gasteiger partial charge on any atom is -0.464 e. The normalized spacial score (nSPS) is 10.8. The van der Waals surface area contributed by atoms with Crippen molar-refractivity contribution in [3.8, 4) is 5.95 Å². The molecule has 1 heterocycles. The fraction of sp³-hybridized carbons (Fsp3) is 0.444. The molecule has 0 aliphatic carbocycles. The predicted octanol–water partition coefficient (Wildman–Crippen LogP) is 3.96. The second-order valence-corrected chi connectivity index (χ2v) is 5.47. The van der Waals surface area contributed by atoms with Gasteiger partial charge in [0.25, 0.3) is 0 Å². The first-order valence-electron chi connectivity index (χ1n) is 7.93. The Labute approximate surface area is 136 Å². The van der Waals surface area contributed by atoms with Crippen LogP contribution in [0.4, 0.5) is 0 Å². The molecule has 0 radical (unpaired) electrons. The van der Waals surface area contributed by atoms with E-state index in [4.69, 9.17) is 13.9 Å². The Balaban J connectivity index is 2.20. The zero-order chi connectivity index (χ0) is 16.8. The average Bonchev–Trinajstić information content (AvgIpc) is 2.91. The van der Waals surface area contributed by atoms with Crippen molar-refractivity contribution >= 4 is 5.97 Å². The van der Waals surface area contributed by atoms with Crippen molar-refractivity contribution in [3.63, 3.8) is 0 Å². The highest BCUT2D eigenvalue weighted by Crippen LogP contribution is 2.28. The molecule has 1 aromatic heterocycles. The largest absolute Gasteiger partial charge is 0.464 e. The molecule has 5 heteroatoms. The molecule has 0 aliphatic heterocycles. The topological polar surface area (TPSA) is 61.6 Å². The van der Waals surface area contributed by atoms with Gasteiger partial charge in [0, 0.05) is 12.3 Å². The molecule has 0 bridgehead atoms. The second kappa shape index (κ2) is 7.81. The van der Waals surface area contributed by atoms with Gasteiger partial charge in [-0.2, -0.15) is 0 Å². The van der Waals surface area contributed by atoms with Crippen LogP contribution in [0.3, 0.4) is 0 Å².